The van der Waals surface area contributed by atoms with Crippen LogP contribution in [-0.4, -0.2) is 15.8 Å². The number of Topliss-reactive ketones (excluding diaryl/α,β-unsaturated/α-hetero) is 1. The third-order valence-electron chi connectivity index (χ3n) is 1.55. The summed E-state index contributed by atoms with van der Waals surface area (Å²) in [4.78, 5) is 19.4. The molecule has 1 aromatic heterocycles. The third-order valence-corrected chi connectivity index (χ3v) is 1.83. The molecule has 13 heavy (non-hydrogen) atoms. The Kier molecular flexibility index (Phi) is 2.66. The molecule has 0 saturated heterocycles. The van der Waals surface area contributed by atoms with Gasteiger partial charge in [0.05, 0.1) is 0 Å². The van der Waals surface area contributed by atoms with E-state index in [1.165, 1.54) is 12.4 Å². The minimum absolute atomic E-state index is 0.0920. The zero-order valence-electron chi connectivity index (χ0n) is 7.84. The van der Waals surface area contributed by atoms with Gasteiger partial charge in [0.1, 0.15) is 5.69 Å². The van der Waals surface area contributed by atoms with Crippen LogP contribution in [0.4, 0.5) is 0 Å². The second-order valence-corrected chi connectivity index (χ2v) is 4.13. The minimum Gasteiger partial charge on any atom is -0.292 e. The number of hydrogen-bond acceptors (Lipinski definition) is 3. The van der Waals surface area contributed by atoms with Crippen LogP contribution in [0.15, 0.2) is 12.4 Å². The Morgan fingerprint density at radius 1 is 1.31 bits per heavy atom. The predicted molar refractivity (Wildman–Crippen MR) is 50.8 cm³/mol. The Morgan fingerprint density at radius 3 is 2.31 bits per heavy atom. The van der Waals surface area contributed by atoms with Gasteiger partial charge in [0.15, 0.2) is 10.9 Å². The van der Waals surface area contributed by atoms with Gasteiger partial charge in [-0.05, 0) is 0 Å². The molecular formula is C9H11ClN2O. The van der Waals surface area contributed by atoms with Crippen LogP contribution in [0, 0.1) is 5.41 Å². The first-order chi connectivity index (χ1) is 5.93. The van der Waals surface area contributed by atoms with E-state index in [1.54, 1.807) is 0 Å². The van der Waals surface area contributed by atoms with E-state index >= 15 is 0 Å². The number of nitrogens with zero attached hydrogens (tertiary/aromatic N) is 2. The van der Waals surface area contributed by atoms with Gasteiger partial charge in [-0.2, -0.15) is 0 Å². The van der Waals surface area contributed by atoms with E-state index in [0.717, 1.165) is 0 Å². The molecule has 70 valence electrons. The van der Waals surface area contributed by atoms with Crippen molar-refractivity contribution in [2.45, 2.75) is 20.8 Å². The second-order valence-electron chi connectivity index (χ2n) is 3.77. The molecule has 4 heteroatoms. The molecule has 0 atom stereocenters. The Labute approximate surface area is 82.2 Å². The maximum Gasteiger partial charge on any atom is 0.189 e. The molecule has 3 nitrogen and oxygen atoms in total. The summed E-state index contributed by atoms with van der Waals surface area (Å²) in [6, 6.07) is 0. The Morgan fingerprint density at radius 2 is 1.85 bits per heavy atom. The van der Waals surface area contributed by atoms with Crippen molar-refractivity contribution in [3.05, 3.63) is 23.2 Å². The molecule has 0 aliphatic rings. The first-order valence-corrected chi connectivity index (χ1v) is 4.32. The highest BCUT2D eigenvalue weighted by Crippen LogP contribution is 2.22. The van der Waals surface area contributed by atoms with Crippen LogP contribution < -0.4 is 0 Å². The first-order valence-electron chi connectivity index (χ1n) is 3.94. The molecule has 0 N–H and O–H groups in total. The average Bonchev–Trinajstić information content (AvgIpc) is 2.02. The summed E-state index contributed by atoms with van der Waals surface area (Å²) < 4.78 is 0. The molecule has 1 heterocycles. The molecule has 0 aromatic carbocycles. The molecular weight excluding hydrogens is 188 g/mol. The maximum atomic E-state index is 11.7. The van der Waals surface area contributed by atoms with E-state index in [9.17, 15) is 4.79 Å². The lowest BCUT2D eigenvalue weighted by Gasteiger charge is -2.15. The van der Waals surface area contributed by atoms with Crippen molar-refractivity contribution in [3.8, 4) is 0 Å². The molecule has 0 fully saturated rings. The van der Waals surface area contributed by atoms with Crippen LogP contribution >= 0.6 is 11.6 Å². The number of hydrogen-bond donors (Lipinski definition) is 0. The molecule has 0 amide bonds. The van der Waals surface area contributed by atoms with E-state index in [4.69, 9.17) is 11.6 Å². The summed E-state index contributed by atoms with van der Waals surface area (Å²) in [5.41, 5.74) is -0.226. The van der Waals surface area contributed by atoms with Gasteiger partial charge in [0.25, 0.3) is 0 Å². The fourth-order valence-corrected chi connectivity index (χ4v) is 1.02. The van der Waals surface area contributed by atoms with Crippen LogP contribution in [-0.2, 0) is 0 Å². The Hall–Kier alpha value is -0.960. The van der Waals surface area contributed by atoms with Gasteiger partial charge in [-0.25, -0.2) is 9.97 Å². The molecule has 0 spiro atoms. The van der Waals surface area contributed by atoms with E-state index in [-0.39, 0.29) is 16.6 Å². The van der Waals surface area contributed by atoms with Gasteiger partial charge in [-0.1, -0.05) is 32.4 Å². The number of aromatic nitrogens is 2. The van der Waals surface area contributed by atoms with Crippen molar-refractivity contribution in [1.29, 1.82) is 0 Å². The Balaban J connectivity index is 3.10. The van der Waals surface area contributed by atoms with Gasteiger partial charge >= 0.3 is 0 Å². The summed E-state index contributed by atoms with van der Waals surface area (Å²) in [6.45, 7) is 5.46. The van der Waals surface area contributed by atoms with Gasteiger partial charge < -0.3 is 0 Å². The SMILES string of the molecule is CC(C)(C)C(=O)c1nccnc1Cl. The zero-order valence-corrected chi connectivity index (χ0v) is 8.59. The molecule has 0 radical (unpaired) electrons. The van der Waals surface area contributed by atoms with Crippen LogP contribution in [0.25, 0.3) is 0 Å². The summed E-state index contributed by atoms with van der Waals surface area (Å²) in [5, 5.41) is 0.169. The van der Waals surface area contributed by atoms with Gasteiger partial charge in [0.2, 0.25) is 0 Å². The quantitative estimate of drug-likeness (QED) is 0.651. The minimum atomic E-state index is -0.473. The lowest BCUT2D eigenvalue weighted by atomic mass is 9.89. The standard InChI is InChI=1S/C9H11ClN2O/c1-9(2,3)7(13)6-8(10)12-5-4-11-6/h4-5H,1-3H3. The predicted octanol–water partition coefficient (Wildman–Crippen LogP) is 2.36. The Bertz CT molecular complexity index is 331. The molecule has 0 unspecified atom stereocenters. The average molecular weight is 199 g/mol. The van der Waals surface area contributed by atoms with Crippen LogP contribution in [0.1, 0.15) is 31.3 Å². The number of ketones is 1. The number of rotatable bonds is 1. The van der Waals surface area contributed by atoms with Gasteiger partial charge in [0, 0.05) is 17.8 Å². The molecule has 0 aliphatic carbocycles. The molecule has 1 rings (SSSR count). The molecule has 0 bridgehead atoms. The van der Waals surface area contributed by atoms with Crippen molar-refractivity contribution < 1.29 is 4.79 Å². The highest BCUT2D eigenvalue weighted by molar-refractivity contribution is 6.32. The largest absolute Gasteiger partial charge is 0.292 e. The fourth-order valence-electron chi connectivity index (χ4n) is 0.829. The van der Waals surface area contributed by atoms with Crippen LogP contribution in [0.2, 0.25) is 5.15 Å². The van der Waals surface area contributed by atoms with E-state index in [2.05, 4.69) is 9.97 Å². The van der Waals surface area contributed by atoms with Crippen molar-refractivity contribution >= 4 is 17.4 Å². The van der Waals surface area contributed by atoms with Crippen LogP contribution in [0.3, 0.4) is 0 Å². The lowest BCUT2D eigenvalue weighted by molar-refractivity contribution is 0.0852. The highest BCUT2D eigenvalue weighted by Gasteiger charge is 2.26. The lowest BCUT2D eigenvalue weighted by Crippen LogP contribution is -2.21. The maximum absolute atomic E-state index is 11.7. The molecule has 0 saturated carbocycles. The third kappa shape index (κ3) is 2.25. The van der Waals surface area contributed by atoms with E-state index < -0.39 is 5.41 Å². The van der Waals surface area contributed by atoms with Crippen molar-refractivity contribution in [2.75, 3.05) is 0 Å². The summed E-state index contributed by atoms with van der Waals surface area (Å²) in [7, 11) is 0. The highest BCUT2D eigenvalue weighted by atomic mass is 35.5. The topological polar surface area (TPSA) is 42.9 Å². The number of carbonyl (C=O) groups is 1. The molecule has 0 aliphatic heterocycles. The van der Waals surface area contributed by atoms with Crippen molar-refractivity contribution in [1.82, 2.24) is 9.97 Å². The summed E-state index contributed by atoms with van der Waals surface area (Å²) in [6.07, 6.45) is 2.92. The zero-order chi connectivity index (χ0) is 10.1. The summed E-state index contributed by atoms with van der Waals surface area (Å²) >= 11 is 5.73. The van der Waals surface area contributed by atoms with Crippen LogP contribution in [0.5, 0.6) is 0 Å². The van der Waals surface area contributed by atoms with E-state index in [0.29, 0.717) is 0 Å². The van der Waals surface area contributed by atoms with Crippen molar-refractivity contribution in [3.63, 3.8) is 0 Å². The van der Waals surface area contributed by atoms with Crippen molar-refractivity contribution in [2.24, 2.45) is 5.41 Å². The smallest absolute Gasteiger partial charge is 0.189 e. The summed E-state index contributed by atoms with van der Waals surface area (Å²) in [5.74, 6) is -0.0920. The normalized spacial score (nSPS) is 11.4. The second kappa shape index (κ2) is 3.42. The van der Waals surface area contributed by atoms with Gasteiger partial charge in [-0.15, -0.1) is 0 Å². The first kappa shape index (κ1) is 10.1. The molecule has 1 aromatic rings. The fraction of sp³-hybridized carbons (Fsp3) is 0.444. The van der Waals surface area contributed by atoms with Gasteiger partial charge in [-0.3, -0.25) is 4.79 Å². The van der Waals surface area contributed by atoms with E-state index in [1.807, 2.05) is 20.8 Å². The monoisotopic (exact) mass is 198 g/mol. The number of carbonyl (C=O) groups excluding carboxylic acids is 1. The number of halogens is 1.